The summed E-state index contributed by atoms with van der Waals surface area (Å²) in [6, 6.07) is 6.96. The van der Waals surface area contributed by atoms with E-state index in [2.05, 4.69) is 21.6 Å². The van der Waals surface area contributed by atoms with Crippen LogP contribution in [-0.4, -0.2) is 61.1 Å². The fraction of sp³-hybridized carbons (Fsp3) is 0.333. The Morgan fingerprint density at radius 3 is 2.56 bits per heavy atom. The van der Waals surface area contributed by atoms with E-state index in [0.29, 0.717) is 42.3 Å². The van der Waals surface area contributed by atoms with Crippen LogP contribution in [0.25, 0.3) is 22.0 Å². The molecule has 41 heavy (non-hydrogen) atoms. The lowest BCUT2D eigenvalue weighted by molar-refractivity contribution is -0.130. The van der Waals surface area contributed by atoms with E-state index in [1.165, 1.54) is 30.0 Å². The summed E-state index contributed by atoms with van der Waals surface area (Å²) >= 11 is 1.54. The molecule has 4 aromatic rings. The highest BCUT2D eigenvalue weighted by Crippen LogP contribution is 2.45. The van der Waals surface area contributed by atoms with E-state index in [9.17, 15) is 14.0 Å². The molecule has 0 spiro atoms. The lowest BCUT2D eigenvalue weighted by Crippen LogP contribution is -2.58. The van der Waals surface area contributed by atoms with Gasteiger partial charge >= 0.3 is 5.69 Å². The fourth-order valence-corrected chi connectivity index (χ4v) is 7.62. The molecule has 11 heteroatoms. The molecule has 2 aliphatic heterocycles. The molecular formula is C30H30F2N6O2S. The van der Waals surface area contributed by atoms with Crippen LogP contribution in [0.4, 0.5) is 14.6 Å². The quantitative estimate of drug-likeness (QED) is 0.325. The predicted molar refractivity (Wildman–Crippen MR) is 156 cm³/mol. The first-order valence-corrected chi connectivity index (χ1v) is 14.5. The van der Waals surface area contributed by atoms with Crippen molar-refractivity contribution >= 4 is 34.4 Å². The minimum atomic E-state index is -0.661. The van der Waals surface area contributed by atoms with E-state index in [0.717, 1.165) is 21.9 Å². The summed E-state index contributed by atoms with van der Waals surface area (Å²) < 4.78 is 32.6. The first kappa shape index (κ1) is 27.2. The van der Waals surface area contributed by atoms with Gasteiger partial charge in [-0.15, -0.1) is 11.8 Å². The molecule has 6 rings (SSSR count). The SMILES string of the molecule is C=CC(=O)N1[C@H](C)CN(c2nc(=O)n3c4c(c(-c5ccc(F)cc5F)c(C)cc24)SCC(n2cccn2)C3)C[C@@H]1C. The molecule has 8 nitrogen and oxygen atoms in total. The van der Waals surface area contributed by atoms with E-state index < -0.39 is 17.3 Å². The fourth-order valence-electron chi connectivity index (χ4n) is 6.24. The van der Waals surface area contributed by atoms with Crippen LogP contribution in [0.2, 0.25) is 0 Å². The second-order valence-electron chi connectivity index (χ2n) is 10.8. The van der Waals surface area contributed by atoms with Crippen molar-refractivity contribution in [2.75, 3.05) is 23.7 Å². The number of hydrogen-bond acceptors (Lipinski definition) is 6. The van der Waals surface area contributed by atoms with Crippen LogP contribution in [0.3, 0.4) is 0 Å². The van der Waals surface area contributed by atoms with Gasteiger partial charge in [-0.05, 0) is 56.7 Å². The average Bonchev–Trinajstić information content (AvgIpc) is 3.39. The van der Waals surface area contributed by atoms with E-state index in [4.69, 9.17) is 0 Å². The normalized spacial score (nSPS) is 20.8. The minimum Gasteiger partial charge on any atom is -0.352 e. The Balaban J connectivity index is 1.58. The molecule has 1 fully saturated rings. The third-order valence-corrected chi connectivity index (χ3v) is 9.19. The summed E-state index contributed by atoms with van der Waals surface area (Å²) in [5.41, 5.74) is 1.97. The molecule has 1 unspecified atom stereocenters. The molecule has 1 saturated heterocycles. The Bertz CT molecular complexity index is 1730. The molecule has 3 atom stereocenters. The Morgan fingerprint density at radius 1 is 1.15 bits per heavy atom. The molecule has 2 aliphatic rings. The van der Waals surface area contributed by atoms with Crippen molar-refractivity contribution in [1.29, 1.82) is 0 Å². The molecule has 2 aromatic heterocycles. The lowest BCUT2D eigenvalue weighted by Gasteiger charge is -2.44. The van der Waals surface area contributed by atoms with Crippen LogP contribution in [0, 0.1) is 18.6 Å². The van der Waals surface area contributed by atoms with Crippen LogP contribution >= 0.6 is 11.8 Å². The maximum atomic E-state index is 15.2. The summed E-state index contributed by atoms with van der Waals surface area (Å²) in [6.45, 7) is 10.8. The number of benzene rings is 2. The van der Waals surface area contributed by atoms with Gasteiger partial charge in [0, 0.05) is 70.8 Å². The van der Waals surface area contributed by atoms with Crippen molar-refractivity contribution in [3.05, 3.63) is 83.1 Å². The molecule has 0 saturated carbocycles. The molecule has 0 radical (unpaired) electrons. The van der Waals surface area contributed by atoms with E-state index in [-0.39, 0.29) is 29.6 Å². The molecule has 1 amide bonds. The number of rotatable bonds is 4. The number of halogens is 2. The van der Waals surface area contributed by atoms with Crippen molar-refractivity contribution in [2.24, 2.45) is 0 Å². The van der Waals surface area contributed by atoms with Gasteiger partial charge in [0.25, 0.3) is 0 Å². The largest absolute Gasteiger partial charge is 0.352 e. The van der Waals surface area contributed by atoms with Crippen molar-refractivity contribution < 1.29 is 13.6 Å². The van der Waals surface area contributed by atoms with Gasteiger partial charge in [0.15, 0.2) is 0 Å². The minimum absolute atomic E-state index is 0.131. The summed E-state index contributed by atoms with van der Waals surface area (Å²) in [6.07, 6.45) is 4.89. The van der Waals surface area contributed by atoms with Gasteiger partial charge in [-0.2, -0.15) is 10.1 Å². The molecule has 212 valence electrons. The topological polar surface area (TPSA) is 76.3 Å². The highest BCUT2D eigenvalue weighted by molar-refractivity contribution is 7.99. The summed E-state index contributed by atoms with van der Waals surface area (Å²) in [7, 11) is 0. The van der Waals surface area contributed by atoms with Crippen molar-refractivity contribution in [1.82, 2.24) is 24.2 Å². The highest BCUT2D eigenvalue weighted by Gasteiger charge is 2.35. The third-order valence-electron chi connectivity index (χ3n) is 7.96. The highest BCUT2D eigenvalue weighted by atomic mass is 32.2. The number of amides is 1. The van der Waals surface area contributed by atoms with Crippen LogP contribution in [0.15, 0.2) is 65.1 Å². The third kappa shape index (κ3) is 4.61. The van der Waals surface area contributed by atoms with Crippen molar-refractivity contribution in [3.8, 4) is 11.1 Å². The van der Waals surface area contributed by atoms with Crippen LogP contribution in [-0.2, 0) is 11.3 Å². The standard InChI is InChI=1S/C30H30F2N6O2S/c1-5-25(39)38-18(3)13-35(14-19(38)4)29-23-11-17(2)26(22-8-7-20(31)12-24(22)32)28-27(23)36(30(40)34-29)15-21(16-41-28)37-10-6-9-33-37/h5-12,18-19,21H,1,13-16H2,2-4H3/t18-,19+,21?. The predicted octanol–water partition coefficient (Wildman–Crippen LogP) is 4.81. The van der Waals surface area contributed by atoms with Crippen LogP contribution < -0.4 is 10.6 Å². The second-order valence-corrected chi connectivity index (χ2v) is 11.8. The zero-order chi connectivity index (χ0) is 29.0. The Hall–Kier alpha value is -3.99. The molecule has 0 bridgehead atoms. The number of piperazine rings is 1. The number of aryl methyl sites for hydroxylation is 1. The number of carbonyl (C=O) groups excluding carboxylic acids is 1. The van der Waals surface area contributed by atoms with Crippen LogP contribution in [0.1, 0.15) is 25.5 Å². The number of carbonyl (C=O) groups is 1. The van der Waals surface area contributed by atoms with E-state index in [1.54, 1.807) is 15.7 Å². The Morgan fingerprint density at radius 2 is 1.90 bits per heavy atom. The van der Waals surface area contributed by atoms with Gasteiger partial charge in [-0.3, -0.25) is 14.0 Å². The molecule has 4 heterocycles. The van der Waals surface area contributed by atoms with Gasteiger partial charge in [0.2, 0.25) is 5.91 Å². The smallest absolute Gasteiger partial charge is 0.350 e. The summed E-state index contributed by atoms with van der Waals surface area (Å²) in [5, 5.41) is 5.19. The first-order valence-electron chi connectivity index (χ1n) is 13.5. The average molecular weight is 577 g/mol. The summed E-state index contributed by atoms with van der Waals surface area (Å²) in [4.78, 5) is 35.5. The van der Waals surface area contributed by atoms with E-state index in [1.807, 2.05) is 43.8 Å². The monoisotopic (exact) mass is 576 g/mol. The van der Waals surface area contributed by atoms with E-state index >= 15 is 4.39 Å². The van der Waals surface area contributed by atoms with Crippen LogP contribution in [0.5, 0.6) is 0 Å². The Kier molecular flexibility index (Phi) is 6.93. The summed E-state index contributed by atoms with van der Waals surface area (Å²) in [5.74, 6) is -0.315. The van der Waals surface area contributed by atoms with Crippen molar-refractivity contribution in [3.63, 3.8) is 0 Å². The second kappa shape index (κ2) is 10.4. The number of hydrogen-bond donors (Lipinski definition) is 0. The van der Waals surface area contributed by atoms with Gasteiger partial charge < -0.3 is 9.80 Å². The first-order chi connectivity index (χ1) is 19.7. The van der Waals surface area contributed by atoms with Crippen molar-refractivity contribution in [2.45, 2.75) is 50.3 Å². The number of aromatic nitrogens is 4. The lowest BCUT2D eigenvalue weighted by atomic mass is 9.97. The maximum Gasteiger partial charge on any atom is 0.350 e. The van der Waals surface area contributed by atoms with Gasteiger partial charge in [-0.25, -0.2) is 13.6 Å². The maximum absolute atomic E-state index is 15.2. The number of nitrogens with zero attached hydrogens (tertiary/aromatic N) is 6. The Labute approximate surface area is 240 Å². The van der Waals surface area contributed by atoms with Gasteiger partial charge in [-0.1, -0.05) is 6.58 Å². The zero-order valence-electron chi connectivity index (χ0n) is 23.1. The molecule has 0 aliphatic carbocycles. The molecule has 0 N–H and O–H groups in total. The number of anilines is 1. The number of thioether (sulfide) groups is 1. The zero-order valence-corrected chi connectivity index (χ0v) is 23.9. The molecular weight excluding hydrogens is 546 g/mol. The molecule has 2 aromatic carbocycles. The van der Waals surface area contributed by atoms with Gasteiger partial charge in [0.1, 0.15) is 17.5 Å². The van der Waals surface area contributed by atoms with Gasteiger partial charge in [0.05, 0.1) is 18.1 Å².